The van der Waals surface area contributed by atoms with Crippen LogP contribution in [0.3, 0.4) is 0 Å². The highest BCUT2D eigenvalue weighted by Crippen LogP contribution is 2.44. The standard InChI is InChI=1S/C28H26N2O5/c31-26(30-24-13-6-1-8-18(24)16-25(30)27(32)33)14-7-15-29-28(34)35-17-23-21-11-4-2-9-19(21)20-10-3-5-12-22(20)23/h1-6,8-13,23,25H,7,14-17H2,(H,29,34)(H,32,33)/t25-/m0/s1. The molecule has 0 spiro atoms. The fourth-order valence-corrected chi connectivity index (χ4v) is 5.09. The molecule has 7 nitrogen and oxygen atoms in total. The molecule has 1 heterocycles. The van der Waals surface area contributed by atoms with E-state index in [0.29, 0.717) is 18.5 Å². The first-order valence-corrected chi connectivity index (χ1v) is 11.8. The molecule has 0 saturated carbocycles. The van der Waals surface area contributed by atoms with Crippen LogP contribution in [-0.2, 0) is 20.7 Å². The molecule has 0 radical (unpaired) electrons. The van der Waals surface area contributed by atoms with E-state index in [1.165, 1.54) is 16.0 Å². The third kappa shape index (κ3) is 4.37. The maximum absolute atomic E-state index is 12.8. The van der Waals surface area contributed by atoms with E-state index >= 15 is 0 Å². The molecule has 0 bridgehead atoms. The van der Waals surface area contributed by atoms with Crippen molar-refractivity contribution in [2.24, 2.45) is 0 Å². The average molecular weight is 471 g/mol. The van der Waals surface area contributed by atoms with Gasteiger partial charge in [-0.1, -0.05) is 66.7 Å². The Labute approximate surface area is 203 Å². The van der Waals surface area contributed by atoms with Crippen molar-refractivity contribution >= 4 is 23.7 Å². The van der Waals surface area contributed by atoms with E-state index in [1.807, 2.05) is 36.4 Å². The second-order valence-electron chi connectivity index (χ2n) is 8.81. The maximum Gasteiger partial charge on any atom is 0.407 e. The number of amides is 2. The van der Waals surface area contributed by atoms with Crippen molar-refractivity contribution in [1.82, 2.24) is 5.32 Å². The first kappa shape index (κ1) is 22.7. The Morgan fingerprint density at radius 2 is 1.54 bits per heavy atom. The summed E-state index contributed by atoms with van der Waals surface area (Å²) in [6.45, 7) is 0.485. The molecular formula is C28H26N2O5. The lowest BCUT2D eigenvalue weighted by Gasteiger charge is -2.22. The van der Waals surface area contributed by atoms with Crippen LogP contribution in [0.25, 0.3) is 11.1 Å². The van der Waals surface area contributed by atoms with E-state index in [4.69, 9.17) is 4.74 Å². The number of fused-ring (bicyclic) bond motifs is 4. The lowest BCUT2D eigenvalue weighted by molar-refractivity contribution is -0.139. The number of ether oxygens (including phenoxy) is 1. The van der Waals surface area contributed by atoms with E-state index in [-0.39, 0.29) is 31.4 Å². The number of carboxylic acids is 1. The highest BCUT2D eigenvalue weighted by Gasteiger charge is 2.37. The Bertz CT molecular complexity index is 1240. The molecule has 2 N–H and O–H groups in total. The Hall–Kier alpha value is -4.13. The van der Waals surface area contributed by atoms with Crippen molar-refractivity contribution in [3.63, 3.8) is 0 Å². The van der Waals surface area contributed by atoms with Crippen LogP contribution >= 0.6 is 0 Å². The van der Waals surface area contributed by atoms with Crippen LogP contribution in [0.2, 0.25) is 0 Å². The van der Waals surface area contributed by atoms with Gasteiger partial charge in [-0.3, -0.25) is 9.69 Å². The number of alkyl carbamates (subject to hydrolysis) is 1. The zero-order valence-electron chi connectivity index (χ0n) is 19.1. The van der Waals surface area contributed by atoms with E-state index < -0.39 is 18.1 Å². The van der Waals surface area contributed by atoms with Crippen molar-refractivity contribution < 1.29 is 24.2 Å². The summed E-state index contributed by atoms with van der Waals surface area (Å²) in [7, 11) is 0. The second-order valence-corrected chi connectivity index (χ2v) is 8.81. The van der Waals surface area contributed by atoms with Crippen LogP contribution in [0.5, 0.6) is 0 Å². The van der Waals surface area contributed by atoms with Gasteiger partial charge in [0.2, 0.25) is 5.91 Å². The predicted octanol–water partition coefficient (Wildman–Crippen LogP) is 4.35. The number of carbonyl (C=O) groups is 3. The van der Waals surface area contributed by atoms with E-state index in [0.717, 1.165) is 16.7 Å². The normalized spacial score (nSPS) is 15.8. The number of nitrogens with zero attached hydrogens (tertiary/aromatic N) is 1. The summed E-state index contributed by atoms with van der Waals surface area (Å²) in [6.07, 6.45) is 0.277. The summed E-state index contributed by atoms with van der Waals surface area (Å²) >= 11 is 0. The van der Waals surface area contributed by atoms with Gasteiger partial charge in [-0.2, -0.15) is 0 Å². The number of nitrogens with one attached hydrogen (secondary N) is 1. The van der Waals surface area contributed by atoms with Crippen LogP contribution in [-0.4, -0.2) is 42.3 Å². The Morgan fingerprint density at radius 3 is 2.23 bits per heavy atom. The molecule has 0 aromatic heterocycles. The van der Waals surface area contributed by atoms with E-state index in [9.17, 15) is 19.5 Å². The third-order valence-corrected chi connectivity index (χ3v) is 6.71. The fourth-order valence-electron chi connectivity index (χ4n) is 5.09. The lowest BCUT2D eigenvalue weighted by atomic mass is 9.98. The second kappa shape index (κ2) is 9.62. The topological polar surface area (TPSA) is 95.9 Å². The first-order valence-electron chi connectivity index (χ1n) is 11.8. The van der Waals surface area contributed by atoms with E-state index in [2.05, 4.69) is 29.6 Å². The van der Waals surface area contributed by atoms with Gasteiger partial charge in [-0.25, -0.2) is 9.59 Å². The molecule has 7 heteroatoms. The molecule has 5 rings (SSSR count). The van der Waals surface area contributed by atoms with Gasteiger partial charge in [0.1, 0.15) is 12.6 Å². The zero-order chi connectivity index (χ0) is 24.4. The molecule has 0 saturated heterocycles. The number of hydrogen-bond donors (Lipinski definition) is 2. The zero-order valence-corrected chi connectivity index (χ0v) is 19.1. The Morgan fingerprint density at radius 1 is 0.914 bits per heavy atom. The maximum atomic E-state index is 12.8. The van der Waals surface area contributed by atoms with Crippen molar-refractivity contribution in [2.45, 2.75) is 31.2 Å². The number of para-hydroxylation sites is 1. The molecular weight excluding hydrogens is 444 g/mol. The SMILES string of the molecule is O=C(NCCCC(=O)N1c2ccccc2C[C@H]1C(=O)O)OCC1c2ccccc2-c2ccccc21. The number of rotatable bonds is 7. The monoisotopic (exact) mass is 470 g/mol. The summed E-state index contributed by atoms with van der Waals surface area (Å²) in [5.74, 6) is -1.30. The molecule has 2 aliphatic rings. The van der Waals surface area contributed by atoms with Crippen LogP contribution in [0.15, 0.2) is 72.8 Å². The highest BCUT2D eigenvalue weighted by molar-refractivity contribution is 6.01. The lowest BCUT2D eigenvalue weighted by Crippen LogP contribution is -2.43. The van der Waals surface area contributed by atoms with Gasteiger partial charge in [0.15, 0.2) is 0 Å². The molecule has 3 aromatic rings. The molecule has 1 aliphatic heterocycles. The van der Waals surface area contributed by atoms with Gasteiger partial charge in [-0.15, -0.1) is 0 Å². The number of anilines is 1. The van der Waals surface area contributed by atoms with E-state index in [1.54, 1.807) is 12.1 Å². The summed E-state index contributed by atoms with van der Waals surface area (Å²) in [4.78, 5) is 38.2. The smallest absolute Gasteiger partial charge is 0.407 e. The Kier molecular flexibility index (Phi) is 6.23. The quantitative estimate of drug-likeness (QED) is 0.501. The molecule has 1 atom stereocenters. The Balaban J connectivity index is 1.12. The van der Waals surface area contributed by atoms with Crippen LogP contribution in [0, 0.1) is 0 Å². The molecule has 35 heavy (non-hydrogen) atoms. The number of carboxylic acid groups (broad SMARTS) is 1. The molecule has 178 valence electrons. The minimum Gasteiger partial charge on any atom is -0.480 e. The first-order chi connectivity index (χ1) is 17.0. The van der Waals surface area contributed by atoms with Crippen molar-refractivity contribution in [3.05, 3.63) is 89.5 Å². The molecule has 2 amide bonds. The number of hydrogen-bond acceptors (Lipinski definition) is 4. The van der Waals surface area contributed by atoms with Gasteiger partial charge >= 0.3 is 12.1 Å². The third-order valence-electron chi connectivity index (χ3n) is 6.71. The minimum atomic E-state index is -1.02. The van der Waals surface area contributed by atoms with Gasteiger partial charge in [0.25, 0.3) is 0 Å². The molecule has 3 aromatic carbocycles. The summed E-state index contributed by atoms with van der Waals surface area (Å²) in [5.41, 5.74) is 6.12. The molecule has 0 fully saturated rings. The van der Waals surface area contributed by atoms with Gasteiger partial charge in [0, 0.05) is 31.0 Å². The van der Waals surface area contributed by atoms with Crippen molar-refractivity contribution in [1.29, 1.82) is 0 Å². The summed E-state index contributed by atoms with van der Waals surface area (Å²) in [5, 5.41) is 12.3. The molecule has 1 aliphatic carbocycles. The summed E-state index contributed by atoms with van der Waals surface area (Å²) in [6, 6.07) is 22.6. The van der Waals surface area contributed by atoms with Gasteiger partial charge < -0.3 is 15.2 Å². The predicted molar refractivity (Wildman–Crippen MR) is 131 cm³/mol. The summed E-state index contributed by atoms with van der Waals surface area (Å²) < 4.78 is 5.52. The van der Waals surface area contributed by atoms with Crippen molar-refractivity contribution in [3.8, 4) is 11.1 Å². The van der Waals surface area contributed by atoms with Gasteiger partial charge in [-0.05, 0) is 40.3 Å². The number of aliphatic carboxylic acids is 1. The minimum absolute atomic E-state index is 0.0158. The molecule has 0 unspecified atom stereocenters. The largest absolute Gasteiger partial charge is 0.480 e. The van der Waals surface area contributed by atoms with Crippen LogP contribution in [0.4, 0.5) is 10.5 Å². The van der Waals surface area contributed by atoms with Crippen LogP contribution in [0.1, 0.15) is 35.4 Å². The number of carbonyl (C=O) groups excluding carboxylic acids is 2. The van der Waals surface area contributed by atoms with Crippen molar-refractivity contribution in [2.75, 3.05) is 18.1 Å². The fraction of sp³-hybridized carbons (Fsp3) is 0.250. The van der Waals surface area contributed by atoms with Crippen LogP contribution < -0.4 is 10.2 Å². The van der Waals surface area contributed by atoms with Gasteiger partial charge in [0.05, 0.1) is 0 Å². The number of benzene rings is 3. The average Bonchev–Trinajstić information content (AvgIpc) is 3.42. The highest BCUT2D eigenvalue weighted by atomic mass is 16.5.